The van der Waals surface area contributed by atoms with Crippen molar-refractivity contribution >= 4 is 11.6 Å². The predicted molar refractivity (Wildman–Crippen MR) is 122 cm³/mol. The highest BCUT2D eigenvalue weighted by molar-refractivity contribution is 5.95. The lowest BCUT2D eigenvalue weighted by molar-refractivity contribution is -0.117. The van der Waals surface area contributed by atoms with E-state index in [0.29, 0.717) is 11.5 Å². The molecule has 2 aromatic rings. The molecular weight excluding hydrogens is 384 g/mol. The third kappa shape index (κ3) is 3.10. The van der Waals surface area contributed by atoms with Crippen LogP contribution in [0.4, 0.5) is 5.69 Å². The average Bonchev–Trinajstić information content (AvgIpc) is 3.58. The number of amides is 1. The summed E-state index contributed by atoms with van der Waals surface area (Å²) in [6.45, 7) is 1.21. The number of rotatable bonds is 3. The molecule has 1 heterocycles. The van der Waals surface area contributed by atoms with E-state index in [4.69, 9.17) is 0 Å². The van der Waals surface area contributed by atoms with E-state index in [9.17, 15) is 9.90 Å². The van der Waals surface area contributed by atoms with Gasteiger partial charge in [0.05, 0.1) is 0 Å². The Morgan fingerprint density at radius 3 is 2.81 bits per heavy atom. The number of likely N-dealkylation sites (tertiary alicyclic amines) is 1. The zero-order valence-corrected chi connectivity index (χ0v) is 18.3. The Balaban J connectivity index is 1.22. The van der Waals surface area contributed by atoms with Crippen molar-refractivity contribution in [2.45, 2.75) is 62.3 Å². The minimum atomic E-state index is 0.0346. The summed E-state index contributed by atoms with van der Waals surface area (Å²) in [5, 5.41) is 12.7. The van der Waals surface area contributed by atoms with E-state index in [1.807, 2.05) is 12.1 Å². The highest BCUT2D eigenvalue weighted by Gasteiger charge is 2.53. The number of benzene rings is 2. The first-order valence-corrected chi connectivity index (χ1v) is 12.0. The number of likely N-dealkylation sites (N-methyl/N-ethyl adjacent to an activating group) is 1. The lowest BCUT2D eigenvalue weighted by atomic mass is 9.52. The van der Waals surface area contributed by atoms with Gasteiger partial charge in [0.25, 0.3) is 0 Å². The highest BCUT2D eigenvalue weighted by atomic mass is 16.3. The molecule has 0 aromatic heterocycles. The maximum atomic E-state index is 12.9. The first-order chi connectivity index (χ1) is 15.0. The molecule has 162 valence electrons. The summed E-state index contributed by atoms with van der Waals surface area (Å²) in [5.74, 6) is 1.50. The first kappa shape index (κ1) is 19.4. The summed E-state index contributed by atoms with van der Waals surface area (Å²) in [7, 11) is 2.30. The van der Waals surface area contributed by atoms with Crippen LogP contribution in [0.3, 0.4) is 0 Å². The molecule has 5 atom stereocenters. The molecule has 1 amide bonds. The van der Waals surface area contributed by atoms with E-state index < -0.39 is 0 Å². The number of carbonyl (C=O) groups is 1. The van der Waals surface area contributed by atoms with Crippen molar-refractivity contribution in [1.29, 1.82) is 0 Å². The lowest BCUT2D eigenvalue weighted by Crippen LogP contribution is -2.59. The summed E-state index contributed by atoms with van der Waals surface area (Å²) in [5.41, 5.74) is 5.49. The molecule has 4 aliphatic rings. The molecule has 1 saturated heterocycles. The van der Waals surface area contributed by atoms with Gasteiger partial charge in [0.2, 0.25) is 5.91 Å². The number of nitrogens with one attached hydrogen (secondary N) is 1. The maximum absolute atomic E-state index is 12.9. The van der Waals surface area contributed by atoms with Crippen LogP contribution in [-0.2, 0) is 16.6 Å². The molecule has 3 aliphatic carbocycles. The second kappa shape index (κ2) is 7.09. The van der Waals surface area contributed by atoms with Gasteiger partial charge in [-0.2, -0.15) is 0 Å². The van der Waals surface area contributed by atoms with Gasteiger partial charge >= 0.3 is 0 Å². The molecule has 2 N–H and O–H groups in total. The summed E-state index contributed by atoms with van der Waals surface area (Å²) < 4.78 is 0. The van der Waals surface area contributed by atoms with Crippen molar-refractivity contribution in [1.82, 2.24) is 4.90 Å². The van der Waals surface area contributed by atoms with Gasteiger partial charge in [0.15, 0.2) is 0 Å². The summed E-state index contributed by atoms with van der Waals surface area (Å²) in [6, 6.07) is 14.7. The van der Waals surface area contributed by atoms with Gasteiger partial charge in [0, 0.05) is 23.1 Å². The predicted octanol–water partition coefficient (Wildman–Crippen LogP) is 4.82. The maximum Gasteiger partial charge on any atom is 0.228 e. The highest BCUT2D eigenvalue weighted by Crippen LogP contribution is 2.56. The Kier molecular flexibility index (Phi) is 4.43. The standard InChI is InChI=1S/C27H32N2O2/c1-29-13-12-27-11-3-2-4-24(27)25(29)15-18-14-19(7-10-23(18)27)28-26(31)22-16-21(22)17-5-8-20(30)9-6-17/h5-10,14,21-22,24-25,30H,2-4,11-13,15-16H2,1H3,(H,28,31)/t21?,22-,24+,25-,27+/m1/s1. The molecule has 4 nitrogen and oxygen atoms in total. The van der Waals surface area contributed by atoms with Crippen LogP contribution in [-0.4, -0.2) is 35.5 Å². The second-order valence-electron chi connectivity index (χ2n) is 10.4. The van der Waals surface area contributed by atoms with Gasteiger partial charge in [-0.25, -0.2) is 0 Å². The Labute approximate surface area is 184 Å². The minimum absolute atomic E-state index is 0.0346. The van der Waals surface area contributed by atoms with Crippen molar-refractivity contribution in [3.8, 4) is 5.75 Å². The van der Waals surface area contributed by atoms with E-state index in [0.717, 1.165) is 30.0 Å². The van der Waals surface area contributed by atoms with Crippen LogP contribution in [0.15, 0.2) is 42.5 Å². The zero-order chi connectivity index (χ0) is 21.2. The number of hydrogen-bond acceptors (Lipinski definition) is 3. The number of carbonyl (C=O) groups excluding carboxylic acids is 1. The number of fused-ring (bicyclic) bond motifs is 1. The van der Waals surface area contributed by atoms with Crippen LogP contribution in [0.25, 0.3) is 0 Å². The third-order valence-corrected chi connectivity index (χ3v) is 8.83. The number of phenolic OH excluding ortho intramolecular Hbond substituents is 1. The molecule has 31 heavy (non-hydrogen) atoms. The quantitative estimate of drug-likeness (QED) is 0.754. The van der Waals surface area contributed by atoms with Crippen LogP contribution in [0, 0.1) is 11.8 Å². The molecule has 0 radical (unpaired) electrons. The van der Waals surface area contributed by atoms with E-state index in [1.54, 1.807) is 17.7 Å². The monoisotopic (exact) mass is 416 g/mol. The normalized spacial score (nSPS) is 33.8. The molecular formula is C27H32N2O2. The molecule has 1 unspecified atom stereocenters. The number of hydrogen-bond donors (Lipinski definition) is 2. The minimum Gasteiger partial charge on any atom is -0.508 e. The Hall–Kier alpha value is -2.33. The number of piperidine rings is 1. The molecule has 1 aliphatic heterocycles. The van der Waals surface area contributed by atoms with Crippen molar-refractivity contribution in [2.24, 2.45) is 11.8 Å². The average molecular weight is 417 g/mol. The van der Waals surface area contributed by atoms with Crippen LogP contribution in [0.2, 0.25) is 0 Å². The van der Waals surface area contributed by atoms with E-state index in [-0.39, 0.29) is 23.5 Å². The van der Waals surface area contributed by atoms with Crippen LogP contribution in [0.5, 0.6) is 5.75 Å². The SMILES string of the molecule is CN1CC[C@]23CCCC[C@H]2[C@H]1Cc1cc(NC(=O)[C@@H]2CC2c2ccc(O)cc2)ccc13. The molecule has 4 heteroatoms. The molecule has 6 rings (SSSR count). The van der Waals surface area contributed by atoms with Crippen molar-refractivity contribution in [2.75, 3.05) is 18.9 Å². The summed E-state index contributed by atoms with van der Waals surface area (Å²) >= 11 is 0. The number of aromatic hydroxyl groups is 1. The Bertz CT molecular complexity index is 1020. The third-order valence-electron chi connectivity index (χ3n) is 8.83. The molecule has 2 bridgehead atoms. The summed E-state index contributed by atoms with van der Waals surface area (Å²) in [4.78, 5) is 15.5. The smallest absolute Gasteiger partial charge is 0.228 e. The van der Waals surface area contributed by atoms with Gasteiger partial charge in [-0.3, -0.25) is 4.79 Å². The fraction of sp³-hybridized carbons (Fsp3) is 0.519. The Morgan fingerprint density at radius 1 is 1.13 bits per heavy atom. The van der Waals surface area contributed by atoms with Crippen molar-refractivity contribution < 1.29 is 9.90 Å². The second-order valence-corrected chi connectivity index (χ2v) is 10.4. The molecule has 3 fully saturated rings. The van der Waals surface area contributed by atoms with Crippen molar-refractivity contribution in [3.05, 3.63) is 59.2 Å². The zero-order valence-electron chi connectivity index (χ0n) is 18.3. The Morgan fingerprint density at radius 2 is 1.97 bits per heavy atom. The number of anilines is 1. The largest absolute Gasteiger partial charge is 0.508 e. The summed E-state index contributed by atoms with van der Waals surface area (Å²) in [6.07, 6.45) is 8.71. The first-order valence-electron chi connectivity index (χ1n) is 12.0. The lowest BCUT2D eigenvalue weighted by Gasteiger charge is -2.58. The van der Waals surface area contributed by atoms with E-state index in [1.165, 1.54) is 44.2 Å². The molecule has 2 saturated carbocycles. The van der Waals surface area contributed by atoms with Crippen LogP contribution in [0.1, 0.15) is 61.1 Å². The van der Waals surface area contributed by atoms with E-state index >= 15 is 0 Å². The number of nitrogens with zero attached hydrogens (tertiary/aromatic N) is 1. The molecule has 0 spiro atoms. The van der Waals surface area contributed by atoms with Gasteiger partial charge in [0.1, 0.15) is 5.75 Å². The van der Waals surface area contributed by atoms with E-state index in [2.05, 4.69) is 35.5 Å². The number of phenols is 1. The van der Waals surface area contributed by atoms with Gasteiger partial charge in [-0.1, -0.05) is 31.0 Å². The van der Waals surface area contributed by atoms with Crippen molar-refractivity contribution in [3.63, 3.8) is 0 Å². The van der Waals surface area contributed by atoms with Gasteiger partial charge in [-0.15, -0.1) is 0 Å². The van der Waals surface area contributed by atoms with Crippen LogP contribution >= 0.6 is 0 Å². The molecule has 2 aromatic carbocycles. The topological polar surface area (TPSA) is 52.6 Å². The van der Waals surface area contributed by atoms with Crippen LogP contribution < -0.4 is 5.32 Å². The van der Waals surface area contributed by atoms with Gasteiger partial charge < -0.3 is 15.3 Å². The fourth-order valence-electron chi connectivity index (χ4n) is 7.11. The van der Waals surface area contributed by atoms with Gasteiger partial charge in [-0.05, 0) is 98.5 Å². The fourth-order valence-corrected chi connectivity index (χ4v) is 7.11.